The molecular formula is C12H16N2O5. The maximum absolute atomic E-state index is 11.8. The summed E-state index contributed by atoms with van der Waals surface area (Å²) in [4.78, 5) is 25.5. The molecule has 1 fully saturated rings. The molecule has 0 unspecified atom stereocenters. The topological polar surface area (TPSA) is 105 Å². The third kappa shape index (κ3) is 2.53. The zero-order valence-corrected chi connectivity index (χ0v) is 10.5. The summed E-state index contributed by atoms with van der Waals surface area (Å²) in [5, 5.41) is 18.7. The minimum atomic E-state index is -0.845. The second-order valence-corrected chi connectivity index (χ2v) is 4.60. The summed E-state index contributed by atoms with van der Waals surface area (Å²) in [6.45, 7) is 4.99. The van der Waals surface area contributed by atoms with Crippen LogP contribution in [-0.4, -0.2) is 38.6 Å². The molecule has 19 heavy (non-hydrogen) atoms. The summed E-state index contributed by atoms with van der Waals surface area (Å²) in [5.74, 6) is 0. The standard InChI is InChI=1S/C12H16N2O5/c1-6(2)7-4-14(12(18)13-11(7)17)10-3-8(16)9(5-15)19-10/h4,8-10,15-16H,1,3,5H2,2H3,(H,13,17,18)/t8-,9+,10+/m1/s1. The summed E-state index contributed by atoms with van der Waals surface area (Å²) in [7, 11) is 0. The van der Waals surface area contributed by atoms with Crippen LogP contribution in [0.1, 0.15) is 25.1 Å². The van der Waals surface area contributed by atoms with Crippen molar-refractivity contribution in [1.29, 1.82) is 0 Å². The summed E-state index contributed by atoms with van der Waals surface area (Å²) in [6, 6.07) is 0. The first kappa shape index (κ1) is 13.7. The quantitative estimate of drug-likeness (QED) is 0.666. The molecule has 1 aliphatic heterocycles. The lowest BCUT2D eigenvalue weighted by Gasteiger charge is -2.15. The minimum absolute atomic E-state index is 0.173. The van der Waals surface area contributed by atoms with Crippen molar-refractivity contribution in [2.45, 2.75) is 31.8 Å². The number of nitrogens with one attached hydrogen (secondary N) is 1. The number of aliphatic hydroxyl groups excluding tert-OH is 2. The van der Waals surface area contributed by atoms with Gasteiger partial charge in [-0.25, -0.2) is 4.79 Å². The van der Waals surface area contributed by atoms with Crippen LogP contribution < -0.4 is 11.2 Å². The molecule has 1 saturated heterocycles. The summed E-state index contributed by atoms with van der Waals surface area (Å²) >= 11 is 0. The monoisotopic (exact) mass is 268 g/mol. The second-order valence-electron chi connectivity index (χ2n) is 4.60. The van der Waals surface area contributed by atoms with Gasteiger partial charge in [0.2, 0.25) is 0 Å². The van der Waals surface area contributed by atoms with Crippen molar-refractivity contribution in [2.24, 2.45) is 0 Å². The molecule has 0 spiro atoms. The van der Waals surface area contributed by atoms with Gasteiger partial charge in [0.1, 0.15) is 12.3 Å². The van der Waals surface area contributed by atoms with Gasteiger partial charge in [-0.3, -0.25) is 14.3 Å². The van der Waals surface area contributed by atoms with Crippen molar-refractivity contribution in [3.05, 3.63) is 39.2 Å². The van der Waals surface area contributed by atoms with Crippen molar-refractivity contribution in [1.82, 2.24) is 9.55 Å². The van der Waals surface area contributed by atoms with Gasteiger partial charge in [0.25, 0.3) is 5.56 Å². The Balaban J connectivity index is 2.41. The molecule has 2 rings (SSSR count). The molecule has 1 aromatic rings. The SMILES string of the molecule is C=C(C)c1cn([C@@H]2C[C@@H](O)[C@H](CO)O2)c(=O)[nH]c1=O. The van der Waals surface area contributed by atoms with Gasteiger partial charge >= 0.3 is 5.69 Å². The van der Waals surface area contributed by atoms with Gasteiger partial charge in [-0.15, -0.1) is 0 Å². The maximum Gasteiger partial charge on any atom is 0.330 e. The first-order valence-electron chi connectivity index (χ1n) is 5.89. The maximum atomic E-state index is 11.8. The van der Waals surface area contributed by atoms with E-state index in [4.69, 9.17) is 9.84 Å². The van der Waals surface area contributed by atoms with E-state index in [1.54, 1.807) is 6.92 Å². The van der Waals surface area contributed by atoms with Crippen molar-refractivity contribution < 1.29 is 14.9 Å². The fourth-order valence-corrected chi connectivity index (χ4v) is 2.05. The number of aliphatic hydroxyl groups is 2. The highest BCUT2D eigenvalue weighted by atomic mass is 16.5. The molecule has 1 aromatic heterocycles. The molecule has 0 amide bonds. The lowest BCUT2D eigenvalue weighted by atomic mass is 10.2. The molecule has 7 nitrogen and oxygen atoms in total. The second kappa shape index (κ2) is 5.12. The van der Waals surface area contributed by atoms with Crippen LogP contribution in [-0.2, 0) is 4.74 Å². The number of H-pyrrole nitrogens is 1. The number of aromatic amines is 1. The van der Waals surface area contributed by atoms with Crippen LogP contribution in [0.5, 0.6) is 0 Å². The number of ether oxygens (including phenoxy) is 1. The van der Waals surface area contributed by atoms with Crippen LogP contribution >= 0.6 is 0 Å². The van der Waals surface area contributed by atoms with Crippen LogP contribution in [0.4, 0.5) is 0 Å². The van der Waals surface area contributed by atoms with Gasteiger partial charge in [0, 0.05) is 12.6 Å². The molecule has 0 bridgehead atoms. The van der Waals surface area contributed by atoms with Crippen LogP contribution in [0.2, 0.25) is 0 Å². The molecule has 3 atom stereocenters. The Bertz CT molecular complexity index is 603. The third-order valence-electron chi connectivity index (χ3n) is 3.12. The predicted molar refractivity (Wildman–Crippen MR) is 67.7 cm³/mol. The number of nitrogens with zero attached hydrogens (tertiary/aromatic N) is 1. The molecule has 0 aromatic carbocycles. The van der Waals surface area contributed by atoms with Gasteiger partial charge < -0.3 is 14.9 Å². The van der Waals surface area contributed by atoms with E-state index in [1.807, 2.05) is 0 Å². The summed E-state index contributed by atoms with van der Waals surface area (Å²) in [6.07, 6.45) is -0.748. The molecule has 0 radical (unpaired) electrons. The van der Waals surface area contributed by atoms with E-state index in [0.29, 0.717) is 5.57 Å². The van der Waals surface area contributed by atoms with Crippen LogP contribution in [0.15, 0.2) is 22.4 Å². The van der Waals surface area contributed by atoms with Crippen LogP contribution in [0.3, 0.4) is 0 Å². The van der Waals surface area contributed by atoms with Crippen LogP contribution in [0.25, 0.3) is 5.57 Å². The highest BCUT2D eigenvalue weighted by Crippen LogP contribution is 2.27. The van der Waals surface area contributed by atoms with Crippen molar-refractivity contribution in [3.63, 3.8) is 0 Å². The molecule has 104 valence electrons. The molecule has 3 N–H and O–H groups in total. The largest absolute Gasteiger partial charge is 0.394 e. The smallest absolute Gasteiger partial charge is 0.330 e. The molecular weight excluding hydrogens is 252 g/mol. The summed E-state index contributed by atoms with van der Waals surface area (Å²) in [5.41, 5.74) is -0.325. The van der Waals surface area contributed by atoms with E-state index >= 15 is 0 Å². The van der Waals surface area contributed by atoms with Gasteiger partial charge in [-0.05, 0) is 12.5 Å². The molecule has 2 heterocycles. The van der Waals surface area contributed by atoms with E-state index in [2.05, 4.69) is 11.6 Å². The van der Waals surface area contributed by atoms with Gasteiger partial charge in [-0.1, -0.05) is 6.58 Å². The van der Waals surface area contributed by atoms with Crippen molar-refractivity contribution in [2.75, 3.05) is 6.61 Å². The van der Waals surface area contributed by atoms with Gasteiger partial charge in [0.15, 0.2) is 0 Å². The Kier molecular flexibility index (Phi) is 3.70. The van der Waals surface area contributed by atoms with Crippen LogP contribution in [0, 0.1) is 0 Å². The Morgan fingerprint density at radius 1 is 1.63 bits per heavy atom. The Hall–Kier alpha value is -1.70. The number of rotatable bonds is 3. The highest BCUT2D eigenvalue weighted by molar-refractivity contribution is 5.59. The Morgan fingerprint density at radius 2 is 2.32 bits per heavy atom. The first-order chi connectivity index (χ1) is 8.93. The molecule has 1 aliphatic rings. The Morgan fingerprint density at radius 3 is 2.84 bits per heavy atom. The summed E-state index contributed by atoms with van der Waals surface area (Å²) < 4.78 is 6.57. The fourth-order valence-electron chi connectivity index (χ4n) is 2.05. The minimum Gasteiger partial charge on any atom is -0.394 e. The number of hydrogen-bond acceptors (Lipinski definition) is 5. The van der Waals surface area contributed by atoms with Gasteiger partial charge in [0.05, 0.1) is 18.3 Å². The lowest BCUT2D eigenvalue weighted by molar-refractivity contribution is -0.0459. The first-order valence-corrected chi connectivity index (χ1v) is 5.89. The van der Waals surface area contributed by atoms with E-state index in [-0.39, 0.29) is 18.6 Å². The van der Waals surface area contributed by atoms with E-state index in [0.717, 1.165) is 0 Å². The van der Waals surface area contributed by atoms with Crippen molar-refractivity contribution >= 4 is 5.57 Å². The number of hydrogen-bond donors (Lipinski definition) is 3. The van der Waals surface area contributed by atoms with E-state index < -0.39 is 29.7 Å². The van der Waals surface area contributed by atoms with E-state index in [1.165, 1.54) is 10.8 Å². The molecule has 7 heteroatoms. The molecule has 0 saturated carbocycles. The lowest BCUT2D eigenvalue weighted by Crippen LogP contribution is -2.34. The third-order valence-corrected chi connectivity index (χ3v) is 3.12. The van der Waals surface area contributed by atoms with Crippen molar-refractivity contribution in [3.8, 4) is 0 Å². The highest BCUT2D eigenvalue weighted by Gasteiger charge is 2.35. The van der Waals surface area contributed by atoms with E-state index in [9.17, 15) is 14.7 Å². The zero-order valence-electron chi connectivity index (χ0n) is 10.5. The predicted octanol–water partition coefficient (Wildman–Crippen LogP) is -0.790. The molecule has 0 aliphatic carbocycles. The average molecular weight is 268 g/mol. The van der Waals surface area contributed by atoms with Gasteiger partial charge in [-0.2, -0.15) is 0 Å². The number of allylic oxidation sites excluding steroid dienone is 1. The number of aromatic nitrogens is 2. The fraction of sp³-hybridized carbons (Fsp3) is 0.500. The zero-order chi connectivity index (χ0) is 14.2. The Labute approximate surface area is 108 Å². The normalized spacial score (nSPS) is 26.6. The average Bonchev–Trinajstić information content (AvgIpc) is 2.69.